The number of aromatic nitrogens is 4. The molecular weight excluding hydrogens is 258 g/mol. The van der Waals surface area contributed by atoms with Crippen LogP contribution in [0, 0.1) is 6.92 Å². The lowest BCUT2D eigenvalue weighted by Gasteiger charge is -2.22. The fourth-order valence-corrected chi connectivity index (χ4v) is 2.57. The lowest BCUT2D eigenvalue weighted by Crippen LogP contribution is -2.31. The molecule has 0 radical (unpaired) electrons. The number of amides is 1. The molecule has 0 N–H and O–H groups in total. The zero-order valence-electron chi connectivity index (χ0n) is 11.4. The third kappa shape index (κ3) is 2.56. The van der Waals surface area contributed by atoms with Gasteiger partial charge in [0.2, 0.25) is 11.8 Å². The Kier molecular flexibility index (Phi) is 3.49. The van der Waals surface area contributed by atoms with Gasteiger partial charge >= 0.3 is 0 Å². The van der Waals surface area contributed by atoms with E-state index in [2.05, 4.69) is 15.1 Å². The molecule has 1 amide bonds. The minimum atomic E-state index is -0.0391. The number of rotatable bonds is 4. The van der Waals surface area contributed by atoms with Crippen molar-refractivity contribution in [3.8, 4) is 0 Å². The van der Waals surface area contributed by atoms with Gasteiger partial charge in [-0.25, -0.2) is 4.98 Å². The lowest BCUT2D eigenvalue weighted by molar-refractivity contribution is -0.132. The number of aryl methyl sites for hydroxylation is 2. The van der Waals surface area contributed by atoms with Gasteiger partial charge in [0.15, 0.2) is 5.82 Å². The molecule has 7 nitrogen and oxygen atoms in total. The van der Waals surface area contributed by atoms with E-state index in [1.165, 1.54) is 0 Å². The van der Waals surface area contributed by atoms with Crippen LogP contribution < -0.4 is 0 Å². The van der Waals surface area contributed by atoms with E-state index in [1.54, 1.807) is 19.4 Å². The zero-order valence-corrected chi connectivity index (χ0v) is 11.4. The van der Waals surface area contributed by atoms with Crippen LogP contribution in [0.25, 0.3) is 0 Å². The summed E-state index contributed by atoms with van der Waals surface area (Å²) < 4.78 is 6.92. The first-order chi connectivity index (χ1) is 9.74. The topological polar surface area (TPSA) is 77.1 Å². The van der Waals surface area contributed by atoms with Gasteiger partial charge in [0.05, 0.1) is 12.4 Å². The van der Waals surface area contributed by atoms with Crippen molar-refractivity contribution in [2.24, 2.45) is 0 Å². The van der Waals surface area contributed by atoms with Crippen LogP contribution in [0.5, 0.6) is 0 Å². The van der Waals surface area contributed by atoms with E-state index < -0.39 is 0 Å². The van der Waals surface area contributed by atoms with Gasteiger partial charge in [-0.15, -0.1) is 0 Å². The van der Waals surface area contributed by atoms with Crippen molar-refractivity contribution < 1.29 is 9.32 Å². The van der Waals surface area contributed by atoms with Gasteiger partial charge in [-0.3, -0.25) is 4.79 Å². The van der Waals surface area contributed by atoms with Crippen LogP contribution in [0.1, 0.15) is 37.0 Å². The molecule has 0 spiro atoms. The maximum Gasteiger partial charge on any atom is 0.224 e. The van der Waals surface area contributed by atoms with Crippen LogP contribution in [0.2, 0.25) is 0 Å². The highest BCUT2D eigenvalue weighted by Crippen LogP contribution is 2.30. The Morgan fingerprint density at radius 2 is 2.45 bits per heavy atom. The minimum Gasteiger partial charge on any atom is -0.340 e. The first-order valence-electron chi connectivity index (χ1n) is 6.79. The summed E-state index contributed by atoms with van der Waals surface area (Å²) in [7, 11) is 0. The molecule has 2 aromatic rings. The van der Waals surface area contributed by atoms with Crippen molar-refractivity contribution in [2.75, 3.05) is 6.54 Å². The van der Waals surface area contributed by atoms with Crippen LogP contribution in [0.4, 0.5) is 0 Å². The molecule has 1 aliphatic heterocycles. The Bertz CT molecular complexity index is 577. The fraction of sp³-hybridized carbons (Fsp3) is 0.538. The molecule has 20 heavy (non-hydrogen) atoms. The number of carbonyl (C=O) groups is 1. The highest BCUT2D eigenvalue weighted by molar-refractivity contribution is 5.76. The molecule has 7 heteroatoms. The molecule has 1 aliphatic rings. The van der Waals surface area contributed by atoms with Crippen molar-refractivity contribution in [1.82, 2.24) is 24.6 Å². The summed E-state index contributed by atoms with van der Waals surface area (Å²) in [6.07, 6.45) is 7.63. The van der Waals surface area contributed by atoms with Gasteiger partial charge in [-0.1, -0.05) is 5.16 Å². The third-order valence-electron chi connectivity index (χ3n) is 3.56. The third-order valence-corrected chi connectivity index (χ3v) is 3.56. The highest BCUT2D eigenvalue weighted by Gasteiger charge is 2.32. The quantitative estimate of drug-likeness (QED) is 0.841. The summed E-state index contributed by atoms with van der Waals surface area (Å²) in [6, 6.07) is -0.0391. The van der Waals surface area contributed by atoms with Gasteiger partial charge in [-0.05, 0) is 12.8 Å². The molecule has 0 saturated carbocycles. The number of nitrogens with zero attached hydrogens (tertiary/aromatic N) is 5. The average molecular weight is 275 g/mol. The summed E-state index contributed by atoms with van der Waals surface area (Å²) >= 11 is 0. The first kappa shape index (κ1) is 12.8. The maximum absolute atomic E-state index is 12.3. The second kappa shape index (κ2) is 5.44. The number of carbonyl (C=O) groups excluding carboxylic acids is 1. The molecule has 3 rings (SSSR count). The molecule has 106 valence electrons. The van der Waals surface area contributed by atoms with E-state index in [4.69, 9.17) is 4.52 Å². The standard InChI is InChI=1S/C13H17N5O2/c1-10-15-13(16-20-10)11-3-2-6-18(11)12(19)4-7-17-8-5-14-9-17/h5,8-9,11H,2-4,6-7H2,1H3/t11-/m1/s1. The molecule has 1 atom stereocenters. The minimum absolute atomic E-state index is 0.0391. The monoisotopic (exact) mass is 275 g/mol. The van der Waals surface area contributed by atoms with Crippen LogP contribution >= 0.6 is 0 Å². The average Bonchev–Trinajstić information content (AvgIpc) is 3.16. The van der Waals surface area contributed by atoms with E-state index in [0.29, 0.717) is 24.7 Å². The molecule has 0 bridgehead atoms. The Balaban J connectivity index is 1.64. The summed E-state index contributed by atoms with van der Waals surface area (Å²) in [5.74, 6) is 1.29. The van der Waals surface area contributed by atoms with E-state index >= 15 is 0 Å². The number of likely N-dealkylation sites (tertiary alicyclic amines) is 1. The van der Waals surface area contributed by atoms with Crippen LogP contribution in [-0.2, 0) is 11.3 Å². The Morgan fingerprint density at radius 1 is 1.55 bits per heavy atom. The van der Waals surface area contributed by atoms with E-state index in [0.717, 1.165) is 19.4 Å². The number of hydrogen-bond acceptors (Lipinski definition) is 5. The fourth-order valence-electron chi connectivity index (χ4n) is 2.57. The largest absolute Gasteiger partial charge is 0.340 e. The van der Waals surface area contributed by atoms with Gasteiger partial charge < -0.3 is 14.0 Å². The van der Waals surface area contributed by atoms with Gasteiger partial charge in [-0.2, -0.15) is 4.98 Å². The molecule has 2 aromatic heterocycles. The molecule has 1 saturated heterocycles. The molecule has 0 aliphatic carbocycles. The SMILES string of the molecule is Cc1nc([C@H]2CCCN2C(=O)CCn2ccnc2)no1. The molecule has 3 heterocycles. The predicted molar refractivity (Wildman–Crippen MR) is 69.6 cm³/mol. The Morgan fingerprint density at radius 3 is 3.15 bits per heavy atom. The second-order valence-electron chi connectivity index (χ2n) is 4.97. The predicted octanol–water partition coefficient (Wildman–Crippen LogP) is 1.33. The van der Waals surface area contributed by atoms with Crippen LogP contribution in [-0.4, -0.2) is 37.0 Å². The number of hydrogen-bond donors (Lipinski definition) is 0. The second-order valence-corrected chi connectivity index (χ2v) is 4.97. The Labute approximate surface area is 116 Å². The van der Waals surface area contributed by atoms with Crippen LogP contribution in [0.3, 0.4) is 0 Å². The molecule has 0 aromatic carbocycles. The maximum atomic E-state index is 12.3. The lowest BCUT2D eigenvalue weighted by atomic mass is 10.2. The van der Waals surface area contributed by atoms with Gasteiger partial charge in [0.25, 0.3) is 0 Å². The van der Waals surface area contributed by atoms with Gasteiger partial charge in [0, 0.05) is 38.8 Å². The summed E-state index contributed by atoms with van der Waals surface area (Å²) in [6.45, 7) is 3.17. The number of imidazole rings is 1. The van der Waals surface area contributed by atoms with E-state index in [9.17, 15) is 4.79 Å². The molecule has 0 unspecified atom stereocenters. The van der Waals surface area contributed by atoms with Crippen molar-refractivity contribution in [3.63, 3.8) is 0 Å². The summed E-state index contributed by atoms with van der Waals surface area (Å²) in [5.41, 5.74) is 0. The van der Waals surface area contributed by atoms with E-state index in [-0.39, 0.29) is 11.9 Å². The summed E-state index contributed by atoms with van der Waals surface area (Å²) in [4.78, 5) is 22.4. The van der Waals surface area contributed by atoms with Crippen molar-refractivity contribution in [1.29, 1.82) is 0 Å². The normalized spacial score (nSPS) is 18.6. The molecular formula is C13H17N5O2. The van der Waals surface area contributed by atoms with Crippen molar-refractivity contribution in [3.05, 3.63) is 30.4 Å². The highest BCUT2D eigenvalue weighted by atomic mass is 16.5. The Hall–Kier alpha value is -2.18. The van der Waals surface area contributed by atoms with Crippen molar-refractivity contribution in [2.45, 2.75) is 38.8 Å². The van der Waals surface area contributed by atoms with Crippen molar-refractivity contribution >= 4 is 5.91 Å². The zero-order chi connectivity index (χ0) is 13.9. The first-order valence-corrected chi connectivity index (χ1v) is 6.79. The van der Waals surface area contributed by atoms with Gasteiger partial charge in [0.1, 0.15) is 0 Å². The van der Waals surface area contributed by atoms with Crippen LogP contribution in [0.15, 0.2) is 23.2 Å². The van der Waals surface area contributed by atoms with E-state index in [1.807, 2.05) is 15.7 Å². The summed E-state index contributed by atoms with van der Waals surface area (Å²) in [5, 5.41) is 3.95. The molecule has 1 fully saturated rings. The smallest absolute Gasteiger partial charge is 0.224 e.